The number of carbonyl (C=O) groups excluding carboxylic acids is 2. The van der Waals surface area contributed by atoms with Crippen molar-refractivity contribution >= 4 is 11.9 Å². The molecule has 2 atom stereocenters. The molecule has 0 radical (unpaired) electrons. The Bertz CT molecular complexity index is 1360. The molecule has 0 bridgehead atoms. The number of aliphatic hydroxyl groups is 2. The van der Waals surface area contributed by atoms with Crippen LogP contribution in [-0.2, 0) is 14.3 Å². The molecule has 6 heteroatoms. The number of unbranched alkanes of at least 4 members (excludes halogenated alkanes) is 61. The zero-order chi connectivity index (χ0) is 62.8. The van der Waals surface area contributed by atoms with Gasteiger partial charge in [-0.15, -0.1) is 0 Å². The molecule has 1 amide bonds. The average molecular weight is 1230 g/mol. The zero-order valence-electron chi connectivity index (χ0n) is 59.3. The highest BCUT2D eigenvalue weighted by Crippen LogP contribution is 2.20. The Kier molecular flexibility index (Phi) is 75.3. The molecule has 0 aliphatic carbocycles. The van der Waals surface area contributed by atoms with Crippen molar-refractivity contribution in [3.05, 3.63) is 24.3 Å². The number of carbonyl (C=O) groups is 2. The third-order valence-electron chi connectivity index (χ3n) is 19.0. The van der Waals surface area contributed by atoms with E-state index in [1.165, 1.54) is 379 Å². The molecule has 516 valence electrons. The Morgan fingerprint density at radius 1 is 0.322 bits per heavy atom. The molecule has 0 heterocycles. The summed E-state index contributed by atoms with van der Waals surface area (Å²) in [5, 5.41) is 23.4. The Balaban J connectivity index is 3.34. The van der Waals surface area contributed by atoms with E-state index < -0.39 is 12.1 Å². The van der Waals surface area contributed by atoms with Crippen molar-refractivity contribution in [2.24, 2.45) is 0 Å². The number of rotatable bonds is 76. The maximum Gasteiger partial charge on any atom is 0.305 e. The number of aliphatic hydroxyl groups excluding tert-OH is 2. The molecule has 2 unspecified atom stereocenters. The van der Waals surface area contributed by atoms with E-state index in [1.54, 1.807) is 0 Å². The molecule has 0 aromatic rings. The van der Waals surface area contributed by atoms with Crippen molar-refractivity contribution in [2.45, 2.75) is 469 Å². The molecule has 6 nitrogen and oxygen atoms in total. The van der Waals surface area contributed by atoms with Gasteiger partial charge in [-0.2, -0.15) is 0 Å². The molecule has 3 N–H and O–H groups in total. The topological polar surface area (TPSA) is 95.9 Å². The van der Waals surface area contributed by atoms with Crippen LogP contribution in [0, 0.1) is 0 Å². The van der Waals surface area contributed by atoms with Gasteiger partial charge in [0, 0.05) is 12.8 Å². The van der Waals surface area contributed by atoms with Gasteiger partial charge in [0.15, 0.2) is 0 Å². The van der Waals surface area contributed by atoms with E-state index in [4.69, 9.17) is 4.74 Å². The Morgan fingerprint density at radius 2 is 0.575 bits per heavy atom. The van der Waals surface area contributed by atoms with Crippen LogP contribution < -0.4 is 5.32 Å². The Labute approximate surface area is 545 Å². The highest BCUT2D eigenvalue weighted by Gasteiger charge is 2.20. The molecule has 0 aromatic carbocycles. The fourth-order valence-corrected chi connectivity index (χ4v) is 12.9. The van der Waals surface area contributed by atoms with Crippen LogP contribution in [0.3, 0.4) is 0 Å². The summed E-state index contributed by atoms with van der Waals surface area (Å²) in [4.78, 5) is 24.6. The van der Waals surface area contributed by atoms with Crippen molar-refractivity contribution in [2.75, 3.05) is 13.2 Å². The normalized spacial score (nSPS) is 12.6. The van der Waals surface area contributed by atoms with Crippen LogP contribution in [-0.4, -0.2) is 47.4 Å². The largest absolute Gasteiger partial charge is 0.466 e. The maximum atomic E-state index is 12.5. The smallest absolute Gasteiger partial charge is 0.305 e. The first kappa shape index (κ1) is 85.3. The highest BCUT2D eigenvalue weighted by atomic mass is 16.5. The fraction of sp³-hybridized carbons (Fsp3) is 0.926. The highest BCUT2D eigenvalue weighted by molar-refractivity contribution is 5.76. The first-order chi connectivity index (χ1) is 43.0. The van der Waals surface area contributed by atoms with Crippen LogP contribution >= 0.6 is 0 Å². The number of hydrogen-bond acceptors (Lipinski definition) is 5. The number of amides is 1. The average Bonchev–Trinajstić information content (AvgIpc) is 3.58. The summed E-state index contributed by atoms with van der Waals surface area (Å²) in [5.41, 5.74) is 0. The summed E-state index contributed by atoms with van der Waals surface area (Å²) in [6, 6.07) is -0.539. The van der Waals surface area contributed by atoms with Gasteiger partial charge in [-0.1, -0.05) is 411 Å². The van der Waals surface area contributed by atoms with Crippen LogP contribution in [0.5, 0.6) is 0 Å². The van der Waals surface area contributed by atoms with Crippen LogP contribution in [0.25, 0.3) is 0 Å². The molecule has 0 fully saturated rings. The zero-order valence-corrected chi connectivity index (χ0v) is 59.3. The van der Waals surface area contributed by atoms with E-state index in [9.17, 15) is 19.8 Å². The summed E-state index contributed by atoms with van der Waals surface area (Å²) in [6.07, 6.45) is 98.5. The van der Waals surface area contributed by atoms with E-state index in [0.29, 0.717) is 25.9 Å². The number of allylic oxidation sites excluding steroid dienone is 4. The predicted molar refractivity (Wildman–Crippen MR) is 384 cm³/mol. The molecular formula is C81H157NO5. The van der Waals surface area contributed by atoms with Crippen molar-refractivity contribution in [3.8, 4) is 0 Å². The third kappa shape index (κ3) is 73.3. The number of hydrogen-bond donors (Lipinski definition) is 3. The Hall–Kier alpha value is -1.66. The molecule has 0 saturated heterocycles. The lowest BCUT2D eigenvalue weighted by Crippen LogP contribution is -2.45. The second kappa shape index (κ2) is 76.8. The molecule has 0 aliphatic rings. The van der Waals surface area contributed by atoms with Crippen LogP contribution in [0.2, 0.25) is 0 Å². The summed E-state index contributed by atoms with van der Waals surface area (Å²) in [5.74, 6) is -0.00377. The van der Waals surface area contributed by atoms with E-state index in [0.717, 1.165) is 44.9 Å². The van der Waals surface area contributed by atoms with Crippen molar-refractivity contribution in [1.29, 1.82) is 0 Å². The van der Waals surface area contributed by atoms with Crippen LogP contribution in [0.1, 0.15) is 457 Å². The SMILES string of the molecule is CCCCCCCCCCCCCCCCCCC(O)C(CO)NC(=O)CCCCCCCCCCCCCCCCCCC/C=C\C/C=C\CCCCCCCCCCCCCCCCCOC(=O)CCCCCCCCCCCCCCCCC. The van der Waals surface area contributed by atoms with E-state index in [-0.39, 0.29) is 18.5 Å². The van der Waals surface area contributed by atoms with E-state index in [2.05, 4.69) is 43.5 Å². The van der Waals surface area contributed by atoms with Gasteiger partial charge in [0.2, 0.25) is 5.91 Å². The minimum Gasteiger partial charge on any atom is -0.466 e. The molecule has 0 spiro atoms. The first-order valence-corrected chi connectivity index (χ1v) is 40.1. The maximum absolute atomic E-state index is 12.5. The van der Waals surface area contributed by atoms with Gasteiger partial charge in [0.1, 0.15) is 0 Å². The lowest BCUT2D eigenvalue weighted by Gasteiger charge is -2.22. The summed E-state index contributed by atoms with van der Waals surface area (Å²) >= 11 is 0. The summed E-state index contributed by atoms with van der Waals surface area (Å²) < 4.78 is 5.51. The minimum absolute atomic E-state index is 0.0242. The lowest BCUT2D eigenvalue weighted by atomic mass is 10.0. The summed E-state index contributed by atoms with van der Waals surface area (Å²) in [6.45, 7) is 5.01. The standard InChI is InChI=1S/C81H157NO5/c1-3-5-7-9-11-13-15-17-19-46-49-53-57-61-65-69-73-79(84)78(77-83)82-80(85)74-70-66-62-58-54-50-47-43-41-39-37-35-33-31-29-27-25-23-21-20-22-24-26-28-30-32-34-36-38-40-42-44-48-52-56-60-64-68-72-76-87-81(86)75-71-67-63-59-55-51-45-18-16-14-12-10-8-6-4-2/h20-21,24,26,78-79,83-84H,3-19,22-23,25,27-77H2,1-2H3,(H,82,85)/b21-20-,26-24-. The second-order valence-corrected chi connectivity index (χ2v) is 27.8. The Morgan fingerprint density at radius 3 is 0.874 bits per heavy atom. The number of nitrogens with one attached hydrogen (secondary N) is 1. The molecule has 0 saturated carbocycles. The van der Waals surface area contributed by atoms with Gasteiger partial charge in [-0.25, -0.2) is 0 Å². The van der Waals surface area contributed by atoms with Crippen molar-refractivity contribution in [1.82, 2.24) is 5.32 Å². The van der Waals surface area contributed by atoms with E-state index >= 15 is 0 Å². The van der Waals surface area contributed by atoms with Gasteiger partial charge in [0.05, 0.1) is 25.4 Å². The quantitative estimate of drug-likeness (QED) is 0.0320. The lowest BCUT2D eigenvalue weighted by molar-refractivity contribution is -0.143. The number of esters is 1. The van der Waals surface area contributed by atoms with Gasteiger partial charge in [-0.05, 0) is 57.8 Å². The molecule has 87 heavy (non-hydrogen) atoms. The molecule has 0 aromatic heterocycles. The summed E-state index contributed by atoms with van der Waals surface area (Å²) in [7, 11) is 0. The first-order valence-electron chi connectivity index (χ1n) is 40.1. The monoisotopic (exact) mass is 1220 g/mol. The van der Waals surface area contributed by atoms with Gasteiger partial charge in [0.25, 0.3) is 0 Å². The third-order valence-corrected chi connectivity index (χ3v) is 19.0. The fourth-order valence-electron chi connectivity index (χ4n) is 12.9. The van der Waals surface area contributed by atoms with E-state index in [1.807, 2.05) is 0 Å². The van der Waals surface area contributed by atoms with Gasteiger partial charge >= 0.3 is 5.97 Å². The minimum atomic E-state index is -0.662. The van der Waals surface area contributed by atoms with Crippen molar-refractivity contribution in [3.63, 3.8) is 0 Å². The van der Waals surface area contributed by atoms with Gasteiger partial charge < -0.3 is 20.3 Å². The molecule has 0 rings (SSSR count). The van der Waals surface area contributed by atoms with Crippen LogP contribution in [0.15, 0.2) is 24.3 Å². The van der Waals surface area contributed by atoms with Gasteiger partial charge in [-0.3, -0.25) is 9.59 Å². The molecular weight excluding hydrogens is 1070 g/mol. The number of ether oxygens (including phenoxy) is 1. The predicted octanol–water partition coefficient (Wildman–Crippen LogP) is 26.4. The molecule has 0 aliphatic heterocycles. The van der Waals surface area contributed by atoms with Crippen molar-refractivity contribution < 1.29 is 24.5 Å². The second-order valence-electron chi connectivity index (χ2n) is 27.8. The van der Waals surface area contributed by atoms with Crippen LogP contribution in [0.4, 0.5) is 0 Å².